The molecule has 29 heavy (non-hydrogen) atoms. The number of amides is 1. The number of fused-ring (bicyclic) bond motifs is 2. The highest BCUT2D eigenvalue weighted by Gasteiger charge is 2.61. The summed E-state index contributed by atoms with van der Waals surface area (Å²) in [6, 6.07) is 5.68. The Kier molecular flexibility index (Phi) is 5.02. The lowest BCUT2D eigenvalue weighted by molar-refractivity contribution is 0.0825. The molecule has 0 saturated heterocycles. The molecule has 0 spiro atoms. The van der Waals surface area contributed by atoms with Crippen molar-refractivity contribution < 1.29 is 4.79 Å². The van der Waals surface area contributed by atoms with Gasteiger partial charge in [0.1, 0.15) is 0 Å². The van der Waals surface area contributed by atoms with E-state index in [1.807, 2.05) is 36.7 Å². The molecule has 0 aliphatic heterocycles. The highest BCUT2D eigenvalue weighted by molar-refractivity contribution is 6.35. The van der Waals surface area contributed by atoms with Crippen LogP contribution >= 0.6 is 23.2 Å². The van der Waals surface area contributed by atoms with E-state index in [-0.39, 0.29) is 22.8 Å². The molecular formula is C23H29Cl2N3O. The summed E-state index contributed by atoms with van der Waals surface area (Å²) in [6.45, 7) is 11.3. The van der Waals surface area contributed by atoms with Crippen LogP contribution in [0.2, 0.25) is 10.0 Å². The third-order valence-corrected chi connectivity index (χ3v) is 8.79. The largest absolute Gasteiger partial charge is 0.349 e. The molecule has 2 aromatic rings. The summed E-state index contributed by atoms with van der Waals surface area (Å²) in [5.74, 6) is 0.663. The summed E-state index contributed by atoms with van der Waals surface area (Å²) in [6.07, 6.45) is 3.51. The fourth-order valence-electron chi connectivity index (χ4n) is 5.67. The average molecular weight is 434 g/mol. The second kappa shape index (κ2) is 7.02. The number of halogens is 2. The van der Waals surface area contributed by atoms with Crippen molar-refractivity contribution in [3.05, 3.63) is 50.8 Å². The summed E-state index contributed by atoms with van der Waals surface area (Å²) in [5, 5.41) is 9.19. The lowest BCUT2D eigenvalue weighted by Gasteiger charge is -2.39. The minimum absolute atomic E-state index is 0.0221. The van der Waals surface area contributed by atoms with Gasteiger partial charge in [0.25, 0.3) is 5.91 Å². The van der Waals surface area contributed by atoms with Gasteiger partial charge in [-0.1, -0.05) is 50.0 Å². The Labute approximate surface area is 183 Å². The van der Waals surface area contributed by atoms with Crippen molar-refractivity contribution in [3.8, 4) is 0 Å². The van der Waals surface area contributed by atoms with E-state index >= 15 is 0 Å². The van der Waals surface area contributed by atoms with Gasteiger partial charge in [-0.25, -0.2) is 0 Å². The number of nitrogens with one attached hydrogen (secondary N) is 1. The van der Waals surface area contributed by atoms with Crippen LogP contribution in [-0.2, 0) is 6.54 Å². The van der Waals surface area contributed by atoms with Crippen LogP contribution in [-0.4, -0.2) is 21.7 Å². The van der Waals surface area contributed by atoms with E-state index in [9.17, 15) is 4.79 Å². The van der Waals surface area contributed by atoms with E-state index in [1.165, 1.54) is 12.8 Å². The number of benzene rings is 1. The Morgan fingerprint density at radius 2 is 1.90 bits per heavy atom. The zero-order valence-electron chi connectivity index (χ0n) is 17.8. The maximum atomic E-state index is 13.3. The zero-order valence-corrected chi connectivity index (χ0v) is 19.3. The SMILES string of the molecule is Cc1nn(Cc2c(Cl)cccc2Cl)c(C)c1C(=O)N[C@H]1C[C@@H]2CC[C@]1(C)C2(C)C. The topological polar surface area (TPSA) is 46.9 Å². The lowest BCUT2D eigenvalue weighted by atomic mass is 9.69. The average Bonchev–Trinajstić information content (AvgIpc) is 3.11. The number of hydrogen-bond donors (Lipinski definition) is 1. The van der Waals surface area contributed by atoms with Gasteiger partial charge >= 0.3 is 0 Å². The minimum Gasteiger partial charge on any atom is -0.349 e. The lowest BCUT2D eigenvalue weighted by Crippen LogP contribution is -2.47. The van der Waals surface area contributed by atoms with Crippen LogP contribution in [0.15, 0.2) is 18.2 Å². The first kappa shape index (κ1) is 20.7. The predicted octanol–water partition coefficient (Wildman–Crippen LogP) is 5.80. The van der Waals surface area contributed by atoms with Crippen LogP contribution < -0.4 is 5.32 Å². The molecule has 0 radical (unpaired) electrons. The summed E-state index contributed by atoms with van der Waals surface area (Å²) >= 11 is 12.7. The molecule has 0 unspecified atom stereocenters. The molecule has 156 valence electrons. The molecule has 1 N–H and O–H groups in total. The summed E-state index contributed by atoms with van der Waals surface area (Å²) in [7, 11) is 0. The Morgan fingerprint density at radius 3 is 2.45 bits per heavy atom. The second-order valence-corrected chi connectivity index (χ2v) is 10.4. The first-order valence-corrected chi connectivity index (χ1v) is 11.1. The number of carbonyl (C=O) groups is 1. The van der Waals surface area contributed by atoms with E-state index in [0.717, 1.165) is 23.4 Å². The van der Waals surface area contributed by atoms with Crippen LogP contribution in [0.5, 0.6) is 0 Å². The number of aromatic nitrogens is 2. The molecule has 2 saturated carbocycles. The van der Waals surface area contributed by atoms with Crippen molar-refractivity contribution in [2.45, 2.75) is 66.5 Å². The maximum absolute atomic E-state index is 13.3. The van der Waals surface area contributed by atoms with Gasteiger partial charge in [-0.2, -0.15) is 5.10 Å². The van der Waals surface area contributed by atoms with Crippen LogP contribution in [0, 0.1) is 30.6 Å². The maximum Gasteiger partial charge on any atom is 0.255 e. The molecule has 1 aromatic heterocycles. The van der Waals surface area contributed by atoms with E-state index in [1.54, 1.807) is 0 Å². The molecule has 4 rings (SSSR count). The fourth-order valence-corrected chi connectivity index (χ4v) is 6.18. The zero-order chi connectivity index (χ0) is 21.1. The third-order valence-electron chi connectivity index (χ3n) is 8.08. The molecule has 2 aliphatic rings. The molecule has 6 heteroatoms. The molecule has 2 fully saturated rings. The van der Waals surface area contributed by atoms with Gasteiger partial charge in [-0.3, -0.25) is 9.48 Å². The fraction of sp³-hybridized carbons (Fsp3) is 0.565. The molecular weight excluding hydrogens is 405 g/mol. The van der Waals surface area contributed by atoms with Gasteiger partial charge in [0.15, 0.2) is 0 Å². The molecule has 1 heterocycles. The predicted molar refractivity (Wildman–Crippen MR) is 118 cm³/mol. The van der Waals surface area contributed by atoms with Gasteiger partial charge in [-0.05, 0) is 62.0 Å². The first-order chi connectivity index (χ1) is 13.6. The summed E-state index contributed by atoms with van der Waals surface area (Å²) in [5.41, 5.74) is 3.46. The van der Waals surface area contributed by atoms with E-state index in [2.05, 4.69) is 31.2 Å². The standard InChI is InChI=1S/C23H29Cl2N3O/c1-13-20(14(2)28(27-13)12-16-17(24)7-6-8-18(16)25)21(29)26-19-11-15-9-10-23(19,5)22(15,3)4/h6-8,15,19H,9-12H2,1-5H3,(H,26,29)/t15-,19-,23-/m0/s1. The van der Waals surface area contributed by atoms with Crippen LogP contribution in [0.3, 0.4) is 0 Å². The number of rotatable bonds is 4. The van der Waals surface area contributed by atoms with Crippen molar-refractivity contribution >= 4 is 29.1 Å². The smallest absolute Gasteiger partial charge is 0.255 e. The van der Waals surface area contributed by atoms with Crippen LogP contribution in [0.1, 0.15) is 67.3 Å². The molecule has 1 aromatic carbocycles. The molecule has 2 aliphatic carbocycles. The van der Waals surface area contributed by atoms with Crippen molar-refractivity contribution in [3.63, 3.8) is 0 Å². The van der Waals surface area contributed by atoms with Crippen molar-refractivity contribution in [2.24, 2.45) is 16.7 Å². The number of carbonyl (C=O) groups excluding carboxylic acids is 1. The van der Waals surface area contributed by atoms with Gasteiger partial charge in [0, 0.05) is 27.3 Å². The Morgan fingerprint density at radius 1 is 1.24 bits per heavy atom. The van der Waals surface area contributed by atoms with E-state index in [0.29, 0.717) is 28.1 Å². The Balaban J connectivity index is 1.58. The van der Waals surface area contributed by atoms with Gasteiger partial charge in [0.2, 0.25) is 0 Å². The molecule has 3 atom stereocenters. The van der Waals surface area contributed by atoms with Gasteiger partial charge < -0.3 is 5.32 Å². The first-order valence-electron chi connectivity index (χ1n) is 10.3. The summed E-state index contributed by atoms with van der Waals surface area (Å²) < 4.78 is 1.82. The number of hydrogen-bond acceptors (Lipinski definition) is 2. The number of nitrogens with zero attached hydrogens (tertiary/aromatic N) is 2. The van der Waals surface area contributed by atoms with Crippen molar-refractivity contribution in [1.82, 2.24) is 15.1 Å². The monoisotopic (exact) mass is 433 g/mol. The highest BCUT2D eigenvalue weighted by atomic mass is 35.5. The normalized spacial score (nSPS) is 27.4. The van der Waals surface area contributed by atoms with E-state index < -0.39 is 0 Å². The minimum atomic E-state index is -0.0221. The van der Waals surface area contributed by atoms with Crippen LogP contribution in [0.4, 0.5) is 0 Å². The van der Waals surface area contributed by atoms with Gasteiger partial charge in [0.05, 0.1) is 17.8 Å². The number of aryl methyl sites for hydroxylation is 1. The van der Waals surface area contributed by atoms with Gasteiger partial charge in [-0.15, -0.1) is 0 Å². The van der Waals surface area contributed by atoms with Crippen LogP contribution in [0.25, 0.3) is 0 Å². The Hall–Kier alpha value is -1.52. The second-order valence-electron chi connectivity index (χ2n) is 9.54. The molecule has 2 bridgehead atoms. The van der Waals surface area contributed by atoms with E-state index in [4.69, 9.17) is 23.2 Å². The molecule has 1 amide bonds. The third kappa shape index (κ3) is 3.11. The van der Waals surface area contributed by atoms with Crippen molar-refractivity contribution in [2.75, 3.05) is 0 Å². The van der Waals surface area contributed by atoms with Crippen molar-refractivity contribution in [1.29, 1.82) is 0 Å². The summed E-state index contributed by atoms with van der Waals surface area (Å²) in [4.78, 5) is 13.3. The quantitative estimate of drug-likeness (QED) is 0.661. The Bertz CT molecular complexity index is 960. The molecule has 4 nitrogen and oxygen atoms in total. The highest BCUT2D eigenvalue weighted by Crippen LogP contribution is 2.65.